The van der Waals surface area contributed by atoms with Crippen molar-refractivity contribution in [2.75, 3.05) is 26.8 Å². The Bertz CT molecular complexity index is 1360. The first-order chi connectivity index (χ1) is 20.5. The molecule has 42 heavy (non-hydrogen) atoms. The van der Waals surface area contributed by atoms with Crippen molar-refractivity contribution < 1.29 is 28.6 Å². The van der Waals surface area contributed by atoms with Crippen LogP contribution in [-0.4, -0.2) is 76.3 Å². The number of rotatable bonds is 5. The number of hydrogen-bond donors (Lipinski definition) is 2. The molecule has 222 valence electrons. The number of carbonyl (C=O) groups excluding carboxylic acids is 3. The van der Waals surface area contributed by atoms with E-state index in [1.165, 1.54) is 13.4 Å². The summed E-state index contributed by atoms with van der Waals surface area (Å²) < 4.78 is 19.3. The zero-order chi connectivity index (χ0) is 29.3. The highest BCUT2D eigenvalue weighted by Crippen LogP contribution is 2.29. The van der Waals surface area contributed by atoms with E-state index in [1.807, 2.05) is 36.4 Å². The molecule has 8 rings (SSSR count). The van der Waals surface area contributed by atoms with E-state index in [1.54, 1.807) is 22.0 Å². The summed E-state index contributed by atoms with van der Waals surface area (Å²) in [6, 6.07) is 12.5. The van der Waals surface area contributed by atoms with Crippen molar-refractivity contribution in [1.82, 2.24) is 30.3 Å². The lowest BCUT2D eigenvalue weighted by molar-refractivity contribution is -0.135. The van der Waals surface area contributed by atoms with Gasteiger partial charge in [0, 0.05) is 45.4 Å². The van der Waals surface area contributed by atoms with Gasteiger partial charge in [0.05, 0.1) is 13.2 Å². The first-order valence-corrected chi connectivity index (χ1v) is 14.2. The second kappa shape index (κ2) is 13.8. The fourth-order valence-electron chi connectivity index (χ4n) is 5.12. The third-order valence-electron chi connectivity index (χ3n) is 7.42. The summed E-state index contributed by atoms with van der Waals surface area (Å²) in [6.45, 7) is 1.62. The lowest BCUT2D eigenvalue weighted by atomic mass is 10.0. The summed E-state index contributed by atoms with van der Waals surface area (Å²) in [4.78, 5) is 44.3. The Morgan fingerprint density at radius 1 is 1.10 bits per heavy atom. The minimum Gasteiger partial charge on any atom is -0.493 e. The molecular weight excluding hydrogens is 540 g/mol. The maximum absolute atomic E-state index is 13.1. The number of ether oxygens (including phenoxy) is 3. The quantitative estimate of drug-likeness (QED) is 0.470. The molecule has 3 aromatic rings. The number of nitrogens with one attached hydrogen (secondary N) is 2. The van der Waals surface area contributed by atoms with E-state index in [0.29, 0.717) is 75.5 Å². The summed E-state index contributed by atoms with van der Waals surface area (Å²) in [5, 5.41) is 10.1. The maximum atomic E-state index is 13.1. The summed E-state index contributed by atoms with van der Waals surface area (Å²) >= 11 is 0. The van der Waals surface area contributed by atoms with Gasteiger partial charge in [-0.05, 0) is 48.2 Å². The van der Waals surface area contributed by atoms with Crippen LogP contribution in [0.5, 0.6) is 17.2 Å². The van der Waals surface area contributed by atoms with Crippen LogP contribution in [0, 0.1) is 0 Å². The largest absolute Gasteiger partial charge is 0.493 e. The molecule has 12 heteroatoms. The van der Waals surface area contributed by atoms with Gasteiger partial charge in [-0.3, -0.25) is 19.1 Å². The van der Waals surface area contributed by atoms with Crippen molar-refractivity contribution in [2.45, 2.75) is 57.3 Å². The fraction of sp³-hybridized carbons (Fsp3) is 0.433. The lowest BCUT2D eigenvalue weighted by Gasteiger charge is -2.39. The number of aryl methyl sites for hydroxylation is 2. The molecule has 0 saturated carbocycles. The number of benzene rings is 2. The molecule has 4 bridgehead atoms. The molecule has 2 aromatic carbocycles. The molecule has 2 N–H and O–H groups in total. The Morgan fingerprint density at radius 2 is 1.93 bits per heavy atom. The number of nitrogens with zero attached hydrogens (tertiary/aromatic N) is 4. The van der Waals surface area contributed by atoms with Crippen LogP contribution in [0.25, 0.3) is 0 Å². The molecule has 1 saturated heterocycles. The van der Waals surface area contributed by atoms with Gasteiger partial charge in [0.1, 0.15) is 24.5 Å². The third-order valence-corrected chi connectivity index (χ3v) is 7.42. The standard InChI is InChI=1S/C30H36N6O6/c1-40-27-15-21-6-10-26(27)41-18-29(38)34-24-17-35(30(39)3-2-13-36-20-31-19-33-36)14-12-25(24)42-23-8-4-22(5-9-23)16-32-28(37)11-7-21/h4-6,8-10,15,19-20,24-25H,2-3,7,11-14,16-18H2,1H3,(H,32,37)(H,34,38)/t24-,25-/m1/s1. The normalized spacial score (nSPS) is 19.6. The zero-order valence-corrected chi connectivity index (χ0v) is 23.7. The number of amides is 3. The van der Waals surface area contributed by atoms with Crippen molar-refractivity contribution in [3.05, 3.63) is 66.2 Å². The van der Waals surface area contributed by atoms with Crippen LogP contribution in [0.4, 0.5) is 0 Å². The van der Waals surface area contributed by atoms with E-state index in [2.05, 4.69) is 20.7 Å². The van der Waals surface area contributed by atoms with Gasteiger partial charge in [0.15, 0.2) is 18.1 Å². The van der Waals surface area contributed by atoms with E-state index in [-0.39, 0.29) is 30.4 Å². The Kier molecular flexibility index (Phi) is 9.52. The average Bonchev–Trinajstić information content (AvgIpc) is 3.52. The zero-order valence-electron chi connectivity index (χ0n) is 23.7. The second-order valence-electron chi connectivity index (χ2n) is 10.4. The Labute approximate surface area is 244 Å². The van der Waals surface area contributed by atoms with Crippen molar-refractivity contribution in [1.29, 1.82) is 0 Å². The highest BCUT2D eigenvalue weighted by Gasteiger charge is 2.34. The monoisotopic (exact) mass is 576 g/mol. The molecule has 0 unspecified atom stereocenters. The lowest BCUT2D eigenvalue weighted by Crippen LogP contribution is -2.58. The molecule has 0 aliphatic carbocycles. The summed E-state index contributed by atoms with van der Waals surface area (Å²) in [5.41, 5.74) is 1.87. The molecule has 5 aliphatic rings. The molecular formula is C30H36N6O6. The Hall–Kier alpha value is -4.61. The van der Waals surface area contributed by atoms with Crippen LogP contribution in [0.1, 0.15) is 36.8 Å². The molecule has 0 spiro atoms. The topological polar surface area (TPSA) is 137 Å². The van der Waals surface area contributed by atoms with Crippen molar-refractivity contribution in [3.8, 4) is 17.2 Å². The van der Waals surface area contributed by atoms with Crippen LogP contribution >= 0.6 is 0 Å². The van der Waals surface area contributed by atoms with Gasteiger partial charge in [0.25, 0.3) is 5.91 Å². The predicted molar refractivity (Wildman–Crippen MR) is 152 cm³/mol. The molecule has 2 atom stereocenters. The Morgan fingerprint density at radius 3 is 2.71 bits per heavy atom. The number of carbonyl (C=O) groups is 3. The fourth-order valence-corrected chi connectivity index (χ4v) is 5.12. The second-order valence-corrected chi connectivity index (χ2v) is 10.4. The van der Waals surface area contributed by atoms with Crippen LogP contribution in [0.2, 0.25) is 0 Å². The Balaban J connectivity index is 1.30. The van der Waals surface area contributed by atoms with Crippen molar-refractivity contribution in [3.63, 3.8) is 0 Å². The number of likely N-dealkylation sites (tertiary alicyclic amines) is 1. The highest BCUT2D eigenvalue weighted by molar-refractivity contribution is 5.79. The van der Waals surface area contributed by atoms with Gasteiger partial charge in [-0.15, -0.1) is 0 Å². The number of aromatic nitrogens is 3. The van der Waals surface area contributed by atoms with E-state index < -0.39 is 6.04 Å². The van der Waals surface area contributed by atoms with Gasteiger partial charge in [-0.1, -0.05) is 18.2 Å². The minimum atomic E-state index is -0.442. The summed E-state index contributed by atoms with van der Waals surface area (Å²) in [6.07, 6.45) is 5.16. The predicted octanol–water partition coefficient (Wildman–Crippen LogP) is 1.87. The van der Waals surface area contributed by atoms with Crippen molar-refractivity contribution in [2.24, 2.45) is 0 Å². The summed E-state index contributed by atoms with van der Waals surface area (Å²) in [5.74, 6) is 1.19. The van der Waals surface area contributed by atoms with Crippen LogP contribution in [-0.2, 0) is 33.9 Å². The first-order valence-electron chi connectivity index (χ1n) is 14.2. The van der Waals surface area contributed by atoms with Crippen LogP contribution in [0.3, 0.4) is 0 Å². The molecule has 6 heterocycles. The smallest absolute Gasteiger partial charge is 0.258 e. The third kappa shape index (κ3) is 7.77. The van der Waals surface area contributed by atoms with Crippen LogP contribution < -0.4 is 24.8 Å². The number of methoxy groups -OCH3 is 1. The highest BCUT2D eigenvalue weighted by atomic mass is 16.5. The van der Waals surface area contributed by atoms with Gasteiger partial charge < -0.3 is 29.7 Å². The van der Waals surface area contributed by atoms with Gasteiger partial charge >= 0.3 is 0 Å². The van der Waals surface area contributed by atoms with Gasteiger partial charge in [-0.25, -0.2) is 4.98 Å². The number of piperidine rings is 1. The molecule has 3 amide bonds. The van der Waals surface area contributed by atoms with Gasteiger partial charge in [-0.2, -0.15) is 5.10 Å². The summed E-state index contributed by atoms with van der Waals surface area (Å²) in [7, 11) is 1.53. The molecule has 5 aliphatic heterocycles. The van der Waals surface area contributed by atoms with E-state index in [0.717, 1.165) is 11.1 Å². The maximum Gasteiger partial charge on any atom is 0.258 e. The molecule has 1 aromatic heterocycles. The van der Waals surface area contributed by atoms with E-state index in [9.17, 15) is 14.4 Å². The van der Waals surface area contributed by atoms with Crippen LogP contribution in [0.15, 0.2) is 55.1 Å². The first kappa shape index (κ1) is 28.9. The van der Waals surface area contributed by atoms with E-state index >= 15 is 0 Å². The van der Waals surface area contributed by atoms with Crippen molar-refractivity contribution >= 4 is 17.7 Å². The SMILES string of the molecule is COc1cc2ccc1OCC(=O)N[C@@H]1CN(C(=O)CCCn3cncn3)CC[C@H]1Oc1ccc(cc1)CNC(=O)CC2. The van der Waals surface area contributed by atoms with Gasteiger partial charge in [0.2, 0.25) is 11.8 Å². The molecule has 0 radical (unpaired) electrons. The molecule has 1 fully saturated rings. The number of hydrogen-bond acceptors (Lipinski definition) is 8. The van der Waals surface area contributed by atoms with E-state index in [4.69, 9.17) is 14.2 Å². The minimum absolute atomic E-state index is 0.0155. The average molecular weight is 577 g/mol. The molecule has 12 nitrogen and oxygen atoms in total.